The summed E-state index contributed by atoms with van der Waals surface area (Å²) in [6, 6.07) is 21.6. The van der Waals surface area contributed by atoms with Gasteiger partial charge in [-0.25, -0.2) is 0 Å². The van der Waals surface area contributed by atoms with Gasteiger partial charge in [-0.1, -0.05) is 36.4 Å². The number of aromatic nitrogens is 2. The van der Waals surface area contributed by atoms with Crippen LogP contribution in [0.3, 0.4) is 0 Å². The molecule has 0 spiro atoms. The predicted octanol–water partition coefficient (Wildman–Crippen LogP) is 3.72. The van der Waals surface area contributed by atoms with E-state index in [-0.39, 0.29) is 18.4 Å². The average molecular weight is 386 g/mol. The van der Waals surface area contributed by atoms with Crippen LogP contribution >= 0.6 is 0 Å². The minimum absolute atomic E-state index is 0.167. The van der Waals surface area contributed by atoms with Gasteiger partial charge in [-0.05, 0) is 36.4 Å². The normalized spacial score (nSPS) is 10.5. The third-order valence-corrected chi connectivity index (χ3v) is 4.25. The number of anilines is 1. The summed E-state index contributed by atoms with van der Waals surface area (Å²) in [4.78, 5) is 24.7. The van der Waals surface area contributed by atoms with Crippen LogP contribution in [-0.4, -0.2) is 28.6 Å². The van der Waals surface area contributed by atoms with Crippen LogP contribution in [0.4, 0.5) is 5.69 Å². The molecule has 3 aromatic carbocycles. The van der Waals surface area contributed by atoms with E-state index >= 15 is 0 Å². The van der Waals surface area contributed by atoms with Crippen molar-refractivity contribution < 1.29 is 14.3 Å². The van der Waals surface area contributed by atoms with E-state index in [0.717, 1.165) is 10.9 Å². The van der Waals surface area contributed by atoms with Crippen LogP contribution in [-0.2, 0) is 4.79 Å². The molecule has 4 aromatic rings. The van der Waals surface area contributed by atoms with E-state index < -0.39 is 0 Å². The number of benzene rings is 3. The number of para-hydroxylation sites is 3. The van der Waals surface area contributed by atoms with Crippen LogP contribution in [0.15, 0.2) is 79.0 Å². The van der Waals surface area contributed by atoms with Crippen molar-refractivity contribution >= 4 is 28.4 Å². The molecule has 3 N–H and O–H groups in total. The van der Waals surface area contributed by atoms with Crippen LogP contribution in [0.2, 0.25) is 0 Å². The topological polar surface area (TPSA) is 96.1 Å². The zero-order valence-corrected chi connectivity index (χ0v) is 15.4. The molecule has 29 heavy (non-hydrogen) atoms. The molecule has 0 saturated heterocycles. The lowest BCUT2D eigenvalue weighted by Crippen LogP contribution is -2.32. The van der Waals surface area contributed by atoms with Gasteiger partial charge in [0.25, 0.3) is 5.91 Å². The third kappa shape index (κ3) is 4.41. The molecule has 0 aliphatic heterocycles. The summed E-state index contributed by atoms with van der Waals surface area (Å²) in [6.07, 6.45) is 1.68. The van der Waals surface area contributed by atoms with E-state index in [1.54, 1.807) is 42.6 Å². The lowest BCUT2D eigenvalue weighted by atomic mass is 10.1. The van der Waals surface area contributed by atoms with Crippen molar-refractivity contribution in [2.45, 2.75) is 0 Å². The average Bonchev–Trinajstić information content (AvgIpc) is 3.22. The Hall–Kier alpha value is -4.13. The first-order valence-electron chi connectivity index (χ1n) is 9.02. The van der Waals surface area contributed by atoms with Gasteiger partial charge in [-0.2, -0.15) is 5.10 Å². The van der Waals surface area contributed by atoms with E-state index in [9.17, 15) is 9.59 Å². The van der Waals surface area contributed by atoms with Gasteiger partial charge in [-0.15, -0.1) is 0 Å². The Balaban J connectivity index is 1.38. The Labute approximate surface area is 166 Å². The van der Waals surface area contributed by atoms with Crippen molar-refractivity contribution in [3.63, 3.8) is 0 Å². The standard InChI is InChI=1S/C22H18N4O3/c27-21(14-23-22(28)15-10-11-16-13-24-26-19(16)12-15)25-18-8-4-5-9-20(18)29-17-6-2-1-3-7-17/h1-13H,14H2,(H,23,28)(H,24,26)(H,25,27). The predicted molar refractivity (Wildman–Crippen MR) is 110 cm³/mol. The first-order valence-corrected chi connectivity index (χ1v) is 9.02. The van der Waals surface area contributed by atoms with Gasteiger partial charge in [0.15, 0.2) is 5.75 Å². The fourth-order valence-electron chi connectivity index (χ4n) is 2.81. The van der Waals surface area contributed by atoms with Crippen LogP contribution in [0.25, 0.3) is 10.9 Å². The fraction of sp³-hybridized carbons (Fsp3) is 0.0455. The minimum Gasteiger partial charge on any atom is -0.455 e. The lowest BCUT2D eigenvalue weighted by Gasteiger charge is -2.12. The Morgan fingerprint density at radius 1 is 0.966 bits per heavy atom. The van der Waals surface area contributed by atoms with Crippen molar-refractivity contribution in [2.75, 3.05) is 11.9 Å². The quantitative estimate of drug-likeness (QED) is 0.470. The first-order chi connectivity index (χ1) is 14.2. The van der Waals surface area contributed by atoms with Gasteiger partial charge in [0.05, 0.1) is 23.9 Å². The number of amides is 2. The van der Waals surface area contributed by atoms with Crippen molar-refractivity contribution in [3.05, 3.63) is 84.6 Å². The smallest absolute Gasteiger partial charge is 0.251 e. The summed E-state index contributed by atoms with van der Waals surface area (Å²) in [5.74, 6) is 0.482. The summed E-state index contributed by atoms with van der Waals surface area (Å²) in [7, 11) is 0. The van der Waals surface area contributed by atoms with E-state index in [0.29, 0.717) is 22.7 Å². The Morgan fingerprint density at radius 2 is 1.76 bits per heavy atom. The molecule has 0 aliphatic rings. The number of hydrogen-bond acceptors (Lipinski definition) is 4. The molecule has 1 aromatic heterocycles. The molecule has 0 bridgehead atoms. The number of ether oxygens (including phenoxy) is 1. The maximum absolute atomic E-state index is 12.3. The van der Waals surface area contributed by atoms with Gasteiger partial charge in [0.1, 0.15) is 5.75 Å². The molecular formula is C22H18N4O3. The number of aromatic amines is 1. The first kappa shape index (κ1) is 18.2. The van der Waals surface area contributed by atoms with Crippen molar-refractivity contribution in [3.8, 4) is 11.5 Å². The van der Waals surface area contributed by atoms with Gasteiger partial charge in [0.2, 0.25) is 5.91 Å². The number of fused-ring (bicyclic) bond motifs is 1. The van der Waals surface area contributed by atoms with Gasteiger partial charge in [-0.3, -0.25) is 14.7 Å². The van der Waals surface area contributed by atoms with E-state index in [4.69, 9.17) is 4.74 Å². The summed E-state index contributed by atoms with van der Waals surface area (Å²) >= 11 is 0. The maximum atomic E-state index is 12.3. The Kier molecular flexibility index (Phi) is 5.20. The number of carbonyl (C=O) groups is 2. The van der Waals surface area contributed by atoms with Crippen LogP contribution < -0.4 is 15.4 Å². The molecule has 0 saturated carbocycles. The highest BCUT2D eigenvalue weighted by molar-refractivity contribution is 6.01. The Morgan fingerprint density at radius 3 is 2.62 bits per heavy atom. The SMILES string of the molecule is O=C(CNC(=O)c1ccc2cn[nH]c2c1)Nc1ccccc1Oc1ccccc1. The summed E-state index contributed by atoms with van der Waals surface area (Å²) in [5.41, 5.74) is 1.73. The number of nitrogens with one attached hydrogen (secondary N) is 3. The van der Waals surface area contributed by atoms with Crippen molar-refractivity contribution in [1.29, 1.82) is 0 Å². The molecular weight excluding hydrogens is 368 g/mol. The lowest BCUT2D eigenvalue weighted by molar-refractivity contribution is -0.115. The van der Waals surface area contributed by atoms with Gasteiger partial charge >= 0.3 is 0 Å². The third-order valence-electron chi connectivity index (χ3n) is 4.25. The van der Waals surface area contributed by atoms with Crippen LogP contribution in [0, 0.1) is 0 Å². The molecule has 7 nitrogen and oxygen atoms in total. The molecule has 0 atom stereocenters. The second kappa shape index (κ2) is 8.26. The van der Waals surface area contributed by atoms with Crippen molar-refractivity contribution in [2.24, 2.45) is 0 Å². The van der Waals surface area contributed by atoms with E-state index in [1.807, 2.05) is 36.4 Å². The van der Waals surface area contributed by atoms with E-state index in [1.165, 1.54) is 0 Å². The largest absolute Gasteiger partial charge is 0.455 e. The molecule has 0 radical (unpaired) electrons. The summed E-state index contributed by atoms with van der Waals surface area (Å²) < 4.78 is 5.83. The zero-order chi connectivity index (χ0) is 20.1. The summed E-state index contributed by atoms with van der Waals surface area (Å²) in [5, 5.41) is 13.0. The molecule has 7 heteroatoms. The van der Waals surface area contributed by atoms with Gasteiger partial charge < -0.3 is 15.4 Å². The molecule has 144 valence electrons. The van der Waals surface area contributed by atoms with Gasteiger partial charge in [0, 0.05) is 10.9 Å². The molecule has 2 amide bonds. The fourth-order valence-corrected chi connectivity index (χ4v) is 2.81. The molecule has 1 heterocycles. The highest BCUT2D eigenvalue weighted by Gasteiger charge is 2.12. The molecule has 4 rings (SSSR count). The maximum Gasteiger partial charge on any atom is 0.251 e. The second-order valence-electron chi connectivity index (χ2n) is 6.31. The Bertz CT molecular complexity index is 1150. The van der Waals surface area contributed by atoms with Crippen molar-refractivity contribution in [1.82, 2.24) is 15.5 Å². The molecule has 0 aliphatic carbocycles. The minimum atomic E-state index is -0.356. The molecule has 0 unspecified atom stereocenters. The highest BCUT2D eigenvalue weighted by Crippen LogP contribution is 2.28. The number of hydrogen-bond donors (Lipinski definition) is 3. The highest BCUT2D eigenvalue weighted by atomic mass is 16.5. The summed E-state index contributed by atoms with van der Waals surface area (Å²) in [6.45, 7) is -0.167. The molecule has 0 fully saturated rings. The second-order valence-corrected chi connectivity index (χ2v) is 6.31. The van der Waals surface area contributed by atoms with E-state index in [2.05, 4.69) is 20.8 Å². The number of carbonyl (C=O) groups excluding carboxylic acids is 2. The zero-order valence-electron chi connectivity index (χ0n) is 15.4. The number of nitrogens with zero attached hydrogens (tertiary/aromatic N) is 1. The number of H-pyrrole nitrogens is 1. The monoisotopic (exact) mass is 386 g/mol. The van der Waals surface area contributed by atoms with Crippen LogP contribution in [0.1, 0.15) is 10.4 Å². The number of rotatable bonds is 6. The van der Waals surface area contributed by atoms with Crippen LogP contribution in [0.5, 0.6) is 11.5 Å².